The molecule has 1 amide bonds. The van der Waals surface area contributed by atoms with Gasteiger partial charge in [0.25, 0.3) is 0 Å². The SMILES string of the molecule is CC(C)OCCN1CCC(NC(=O)CC2CC3CCC(C2)N3)CC1. The van der Waals surface area contributed by atoms with E-state index in [2.05, 4.69) is 29.4 Å². The Morgan fingerprint density at radius 2 is 1.83 bits per heavy atom. The number of nitrogens with one attached hydrogen (secondary N) is 2. The summed E-state index contributed by atoms with van der Waals surface area (Å²) in [5.41, 5.74) is 0. The van der Waals surface area contributed by atoms with Gasteiger partial charge in [-0.1, -0.05) is 0 Å². The molecule has 3 fully saturated rings. The van der Waals surface area contributed by atoms with Crippen LogP contribution in [-0.2, 0) is 9.53 Å². The molecule has 0 radical (unpaired) electrons. The fourth-order valence-corrected chi connectivity index (χ4v) is 4.61. The molecule has 0 aromatic rings. The van der Waals surface area contributed by atoms with E-state index in [4.69, 9.17) is 4.74 Å². The zero-order valence-corrected chi connectivity index (χ0v) is 15.4. The molecule has 2 atom stereocenters. The lowest BCUT2D eigenvalue weighted by Gasteiger charge is -2.33. The first-order valence-corrected chi connectivity index (χ1v) is 9.98. The molecule has 3 aliphatic heterocycles. The van der Waals surface area contributed by atoms with Gasteiger partial charge in [-0.2, -0.15) is 0 Å². The summed E-state index contributed by atoms with van der Waals surface area (Å²) in [6.07, 6.45) is 8.19. The molecule has 0 aromatic heterocycles. The lowest BCUT2D eigenvalue weighted by molar-refractivity contribution is -0.123. The molecule has 2 unspecified atom stereocenters. The predicted molar refractivity (Wildman–Crippen MR) is 96.0 cm³/mol. The van der Waals surface area contributed by atoms with Gasteiger partial charge in [0.2, 0.25) is 5.91 Å². The molecule has 138 valence electrons. The summed E-state index contributed by atoms with van der Waals surface area (Å²) >= 11 is 0. The normalized spacial score (nSPS) is 31.5. The number of carbonyl (C=O) groups excluding carboxylic acids is 1. The lowest BCUT2D eigenvalue weighted by Crippen LogP contribution is -2.46. The maximum absolute atomic E-state index is 12.4. The summed E-state index contributed by atoms with van der Waals surface area (Å²) in [6, 6.07) is 1.73. The molecule has 24 heavy (non-hydrogen) atoms. The van der Waals surface area contributed by atoms with E-state index in [0.717, 1.165) is 45.5 Å². The highest BCUT2D eigenvalue weighted by Gasteiger charge is 2.34. The number of hydrogen-bond donors (Lipinski definition) is 2. The minimum Gasteiger partial charge on any atom is -0.377 e. The first-order valence-electron chi connectivity index (χ1n) is 9.98. The number of nitrogens with zero attached hydrogens (tertiary/aromatic N) is 1. The minimum atomic E-state index is 0.280. The Morgan fingerprint density at radius 3 is 2.46 bits per heavy atom. The Morgan fingerprint density at radius 1 is 1.17 bits per heavy atom. The van der Waals surface area contributed by atoms with E-state index in [1.165, 1.54) is 25.7 Å². The van der Waals surface area contributed by atoms with Crippen LogP contribution >= 0.6 is 0 Å². The van der Waals surface area contributed by atoms with Gasteiger partial charge >= 0.3 is 0 Å². The summed E-state index contributed by atoms with van der Waals surface area (Å²) in [7, 11) is 0. The van der Waals surface area contributed by atoms with Crippen molar-refractivity contribution in [1.29, 1.82) is 0 Å². The van der Waals surface area contributed by atoms with Gasteiger partial charge in [0.05, 0.1) is 12.7 Å². The molecule has 0 saturated carbocycles. The van der Waals surface area contributed by atoms with Crippen molar-refractivity contribution in [1.82, 2.24) is 15.5 Å². The third kappa shape index (κ3) is 5.43. The van der Waals surface area contributed by atoms with Gasteiger partial charge in [-0.15, -0.1) is 0 Å². The summed E-state index contributed by atoms with van der Waals surface area (Å²) < 4.78 is 5.63. The lowest BCUT2D eigenvalue weighted by atomic mass is 9.89. The highest BCUT2D eigenvalue weighted by molar-refractivity contribution is 5.76. The number of fused-ring (bicyclic) bond motifs is 2. The Bertz CT molecular complexity index is 395. The zero-order chi connectivity index (χ0) is 16.9. The van der Waals surface area contributed by atoms with E-state index < -0.39 is 0 Å². The monoisotopic (exact) mass is 337 g/mol. The highest BCUT2D eigenvalue weighted by Crippen LogP contribution is 2.32. The van der Waals surface area contributed by atoms with Crippen LogP contribution in [0.25, 0.3) is 0 Å². The van der Waals surface area contributed by atoms with Gasteiger partial charge in [0, 0.05) is 44.2 Å². The largest absolute Gasteiger partial charge is 0.377 e. The third-order valence-corrected chi connectivity index (χ3v) is 5.86. The van der Waals surface area contributed by atoms with Gasteiger partial charge in [0.15, 0.2) is 0 Å². The average Bonchev–Trinajstić information content (AvgIpc) is 2.87. The van der Waals surface area contributed by atoms with Crippen molar-refractivity contribution < 1.29 is 9.53 Å². The smallest absolute Gasteiger partial charge is 0.220 e. The fraction of sp³-hybridized carbons (Fsp3) is 0.947. The Labute approximate surface area is 146 Å². The minimum absolute atomic E-state index is 0.280. The highest BCUT2D eigenvalue weighted by atomic mass is 16.5. The molecule has 0 aromatic carbocycles. The second kappa shape index (κ2) is 8.63. The van der Waals surface area contributed by atoms with Crippen molar-refractivity contribution in [2.75, 3.05) is 26.2 Å². The number of amides is 1. The van der Waals surface area contributed by atoms with Crippen LogP contribution in [-0.4, -0.2) is 61.3 Å². The van der Waals surface area contributed by atoms with Crippen molar-refractivity contribution in [3.05, 3.63) is 0 Å². The van der Waals surface area contributed by atoms with E-state index in [1.54, 1.807) is 0 Å². The first kappa shape index (κ1) is 18.2. The summed E-state index contributed by atoms with van der Waals surface area (Å²) in [4.78, 5) is 14.8. The van der Waals surface area contributed by atoms with E-state index >= 15 is 0 Å². The summed E-state index contributed by atoms with van der Waals surface area (Å²) in [6.45, 7) is 8.13. The molecular weight excluding hydrogens is 302 g/mol. The van der Waals surface area contributed by atoms with Crippen LogP contribution in [0.2, 0.25) is 0 Å². The Hall–Kier alpha value is -0.650. The van der Waals surface area contributed by atoms with Gasteiger partial charge in [-0.3, -0.25) is 4.79 Å². The van der Waals surface area contributed by atoms with Gasteiger partial charge in [-0.25, -0.2) is 0 Å². The molecule has 0 aliphatic carbocycles. The Balaban J connectivity index is 1.30. The second-order valence-electron chi connectivity index (χ2n) is 8.28. The molecule has 5 heteroatoms. The molecule has 2 bridgehead atoms. The fourth-order valence-electron chi connectivity index (χ4n) is 4.61. The Kier molecular flexibility index (Phi) is 6.53. The predicted octanol–water partition coefficient (Wildman–Crippen LogP) is 1.91. The van der Waals surface area contributed by atoms with Crippen LogP contribution in [0.1, 0.15) is 58.8 Å². The molecule has 3 saturated heterocycles. The molecule has 0 spiro atoms. The number of piperidine rings is 2. The van der Waals surface area contributed by atoms with Crippen LogP contribution in [0, 0.1) is 5.92 Å². The number of likely N-dealkylation sites (tertiary alicyclic amines) is 1. The van der Waals surface area contributed by atoms with E-state index in [0.29, 0.717) is 30.1 Å². The standard InChI is InChI=1S/C19H35N3O2/c1-14(2)24-10-9-22-7-5-16(6-8-22)21-19(23)13-15-11-17-3-4-18(12-15)20-17/h14-18,20H,3-13H2,1-2H3,(H,21,23). The maximum Gasteiger partial charge on any atom is 0.220 e. The second-order valence-corrected chi connectivity index (χ2v) is 8.28. The quantitative estimate of drug-likeness (QED) is 0.745. The van der Waals surface area contributed by atoms with Crippen molar-refractivity contribution in [2.45, 2.75) is 83.0 Å². The van der Waals surface area contributed by atoms with E-state index in [-0.39, 0.29) is 5.91 Å². The molecule has 2 N–H and O–H groups in total. The van der Waals surface area contributed by atoms with Crippen LogP contribution in [0.15, 0.2) is 0 Å². The van der Waals surface area contributed by atoms with Crippen LogP contribution in [0.4, 0.5) is 0 Å². The molecular formula is C19H35N3O2. The zero-order valence-electron chi connectivity index (χ0n) is 15.4. The topological polar surface area (TPSA) is 53.6 Å². The third-order valence-electron chi connectivity index (χ3n) is 5.86. The van der Waals surface area contributed by atoms with Gasteiger partial charge < -0.3 is 20.3 Å². The number of carbonyl (C=O) groups is 1. The van der Waals surface area contributed by atoms with Crippen LogP contribution in [0.5, 0.6) is 0 Å². The summed E-state index contributed by atoms with van der Waals surface area (Å²) in [5, 5.41) is 6.95. The summed E-state index contributed by atoms with van der Waals surface area (Å²) in [5.74, 6) is 0.875. The van der Waals surface area contributed by atoms with Gasteiger partial charge in [0.1, 0.15) is 0 Å². The van der Waals surface area contributed by atoms with Crippen molar-refractivity contribution in [3.63, 3.8) is 0 Å². The molecule has 3 rings (SSSR count). The first-order chi connectivity index (χ1) is 11.6. The van der Waals surface area contributed by atoms with Crippen LogP contribution in [0.3, 0.4) is 0 Å². The maximum atomic E-state index is 12.4. The number of ether oxygens (including phenoxy) is 1. The van der Waals surface area contributed by atoms with E-state index in [1.807, 2.05) is 0 Å². The van der Waals surface area contributed by atoms with Crippen LogP contribution < -0.4 is 10.6 Å². The van der Waals surface area contributed by atoms with Crippen molar-refractivity contribution in [2.24, 2.45) is 5.92 Å². The van der Waals surface area contributed by atoms with Gasteiger partial charge in [-0.05, 0) is 58.3 Å². The molecule has 3 aliphatic rings. The molecule has 3 heterocycles. The number of hydrogen-bond acceptors (Lipinski definition) is 4. The number of rotatable bonds is 7. The van der Waals surface area contributed by atoms with Crippen molar-refractivity contribution in [3.8, 4) is 0 Å². The van der Waals surface area contributed by atoms with E-state index in [9.17, 15) is 4.79 Å². The average molecular weight is 338 g/mol. The molecule has 5 nitrogen and oxygen atoms in total. The van der Waals surface area contributed by atoms with Crippen molar-refractivity contribution >= 4 is 5.91 Å².